The Morgan fingerprint density at radius 3 is 1.75 bits per heavy atom. The number of rotatable bonds is 1. The molecule has 0 bridgehead atoms. The summed E-state index contributed by atoms with van der Waals surface area (Å²) < 4.78 is 64.5. The lowest BCUT2D eigenvalue weighted by Crippen LogP contribution is -2.04. The lowest BCUT2D eigenvalue weighted by atomic mass is 10.1. The van der Waals surface area contributed by atoms with E-state index in [1.54, 1.807) is 0 Å². The number of nitrogens with one attached hydrogen (secondary N) is 1. The lowest BCUT2D eigenvalue weighted by Gasteiger charge is -2.04. The molecule has 0 radical (unpaired) electrons. The monoisotopic (exact) mass is 235 g/mol. The molecule has 1 heterocycles. The maximum absolute atomic E-state index is 13.2. The summed E-state index contributed by atoms with van der Waals surface area (Å²) in [6.07, 6.45) is 0.846. The number of hydrogen-bond acceptors (Lipinski definition) is 2. The molecule has 2 rings (SSSR count). The number of nitrogens with zero attached hydrogens (tertiary/aromatic N) is 2. The predicted molar refractivity (Wildman–Crippen MR) is 41.6 cm³/mol. The molecule has 0 atom stereocenters. The zero-order valence-electron chi connectivity index (χ0n) is 7.36. The second-order valence-electron chi connectivity index (χ2n) is 2.80. The van der Waals surface area contributed by atoms with E-state index in [2.05, 4.69) is 10.2 Å². The summed E-state index contributed by atoms with van der Waals surface area (Å²) in [6, 6.07) is 0. The van der Waals surface area contributed by atoms with Crippen LogP contribution in [0, 0.1) is 29.1 Å². The number of aromatic amines is 1. The summed E-state index contributed by atoms with van der Waals surface area (Å²) in [6.45, 7) is 0. The van der Waals surface area contributed by atoms with Crippen LogP contribution in [0.1, 0.15) is 0 Å². The Morgan fingerprint density at radius 1 is 0.812 bits per heavy atom. The first kappa shape index (κ1) is 10.5. The standard InChI is InChI=1S/C8H2F5N3/c9-4-3(2-1-14-16-15-2)5(10)7(12)8(13)6(4)11/h1H,(H,14,15,16). The summed E-state index contributed by atoms with van der Waals surface area (Å²) in [5.74, 6) is -10.1. The van der Waals surface area contributed by atoms with Crippen LogP contribution in [0.4, 0.5) is 22.0 Å². The van der Waals surface area contributed by atoms with Crippen molar-refractivity contribution >= 4 is 0 Å². The molecule has 0 spiro atoms. The van der Waals surface area contributed by atoms with Gasteiger partial charge in [-0.05, 0) is 0 Å². The molecule has 0 fully saturated rings. The number of halogens is 5. The molecule has 0 saturated carbocycles. The number of hydrogen-bond donors (Lipinski definition) is 1. The van der Waals surface area contributed by atoms with Crippen molar-refractivity contribution in [2.45, 2.75) is 0 Å². The summed E-state index contributed by atoms with van der Waals surface area (Å²) in [4.78, 5) is 0. The molecule has 0 amide bonds. The molecule has 16 heavy (non-hydrogen) atoms. The van der Waals surface area contributed by atoms with Gasteiger partial charge in [0.25, 0.3) is 0 Å². The van der Waals surface area contributed by atoms with Crippen molar-refractivity contribution in [1.82, 2.24) is 15.4 Å². The van der Waals surface area contributed by atoms with E-state index in [0.717, 1.165) is 6.20 Å². The van der Waals surface area contributed by atoms with Gasteiger partial charge in [0.2, 0.25) is 5.82 Å². The molecule has 0 aliphatic carbocycles. The third-order valence-corrected chi connectivity index (χ3v) is 1.88. The fourth-order valence-corrected chi connectivity index (χ4v) is 1.15. The van der Waals surface area contributed by atoms with Gasteiger partial charge in [-0.2, -0.15) is 15.4 Å². The maximum atomic E-state index is 13.2. The summed E-state index contributed by atoms with van der Waals surface area (Å²) in [5.41, 5.74) is -1.57. The van der Waals surface area contributed by atoms with E-state index in [1.807, 2.05) is 5.21 Å². The molecule has 0 unspecified atom stereocenters. The van der Waals surface area contributed by atoms with Gasteiger partial charge in [0.15, 0.2) is 23.3 Å². The number of H-pyrrole nitrogens is 1. The van der Waals surface area contributed by atoms with Crippen LogP contribution in [0.5, 0.6) is 0 Å². The quantitative estimate of drug-likeness (QED) is 0.467. The maximum Gasteiger partial charge on any atom is 0.200 e. The van der Waals surface area contributed by atoms with Gasteiger partial charge in [0.05, 0.1) is 11.8 Å². The number of aromatic nitrogens is 3. The average Bonchev–Trinajstić information content (AvgIpc) is 2.77. The van der Waals surface area contributed by atoms with Crippen LogP contribution >= 0.6 is 0 Å². The van der Waals surface area contributed by atoms with E-state index in [-0.39, 0.29) is 0 Å². The molecule has 84 valence electrons. The third-order valence-electron chi connectivity index (χ3n) is 1.88. The average molecular weight is 235 g/mol. The van der Waals surface area contributed by atoms with Crippen LogP contribution in [0.3, 0.4) is 0 Å². The minimum absolute atomic E-state index is 0.465. The second kappa shape index (κ2) is 3.54. The van der Waals surface area contributed by atoms with Crippen molar-refractivity contribution in [3.63, 3.8) is 0 Å². The normalized spacial score (nSPS) is 10.8. The van der Waals surface area contributed by atoms with Gasteiger partial charge in [-0.1, -0.05) is 0 Å². The van der Waals surface area contributed by atoms with Gasteiger partial charge in [-0.15, -0.1) is 0 Å². The van der Waals surface area contributed by atoms with Crippen molar-refractivity contribution in [2.24, 2.45) is 0 Å². The topological polar surface area (TPSA) is 41.6 Å². The van der Waals surface area contributed by atoms with E-state index in [0.29, 0.717) is 0 Å². The van der Waals surface area contributed by atoms with Gasteiger partial charge in [-0.3, -0.25) is 0 Å². The molecule has 1 aromatic carbocycles. The smallest absolute Gasteiger partial charge is 0.200 e. The van der Waals surface area contributed by atoms with Crippen molar-refractivity contribution in [3.8, 4) is 11.3 Å². The Bertz CT molecular complexity index is 508. The lowest BCUT2D eigenvalue weighted by molar-refractivity contribution is 0.381. The molecule has 1 N–H and O–H groups in total. The third kappa shape index (κ3) is 1.34. The van der Waals surface area contributed by atoms with E-state index >= 15 is 0 Å². The van der Waals surface area contributed by atoms with Gasteiger partial charge in [0.1, 0.15) is 5.69 Å². The Hall–Kier alpha value is -1.99. The van der Waals surface area contributed by atoms with Crippen LogP contribution in [-0.2, 0) is 0 Å². The number of benzene rings is 1. The van der Waals surface area contributed by atoms with Crippen molar-refractivity contribution in [2.75, 3.05) is 0 Å². The molecule has 0 saturated heterocycles. The van der Waals surface area contributed by atoms with Gasteiger partial charge >= 0.3 is 0 Å². The Balaban J connectivity index is 2.81. The van der Waals surface area contributed by atoms with Gasteiger partial charge < -0.3 is 0 Å². The Labute approximate surface area is 84.9 Å². The Morgan fingerprint density at radius 2 is 1.31 bits per heavy atom. The fraction of sp³-hybridized carbons (Fsp3) is 0. The first-order valence-electron chi connectivity index (χ1n) is 3.91. The second-order valence-corrected chi connectivity index (χ2v) is 2.80. The van der Waals surface area contributed by atoms with Crippen LogP contribution < -0.4 is 0 Å². The SMILES string of the molecule is Fc1c(F)c(F)c(-c2cn[nH]n2)c(F)c1F. The molecule has 2 aromatic rings. The molecular weight excluding hydrogens is 233 g/mol. The highest BCUT2D eigenvalue weighted by molar-refractivity contribution is 5.59. The zero-order valence-corrected chi connectivity index (χ0v) is 7.36. The molecule has 8 heteroatoms. The van der Waals surface area contributed by atoms with Crippen LogP contribution in [0.15, 0.2) is 6.20 Å². The summed E-state index contributed by atoms with van der Waals surface area (Å²) >= 11 is 0. The minimum atomic E-state index is -2.21. The molecule has 0 aliphatic rings. The molecular formula is C8H2F5N3. The highest BCUT2D eigenvalue weighted by Crippen LogP contribution is 2.29. The first-order chi connectivity index (χ1) is 7.54. The van der Waals surface area contributed by atoms with E-state index < -0.39 is 40.3 Å². The van der Waals surface area contributed by atoms with Crippen molar-refractivity contribution < 1.29 is 22.0 Å². The predicted octanol–water partition coefficient (Wildman–Crippen LogP) is 2.17. The van der Waals surface area contributed by atoms with Gasteiger partial charge in [-0.25, -0.2) is 22.0 Å². The van der Waals surface area contributed by atoms with E-state index in [4.69, 9.17) is 0 Å². The van der Waals surface area contributed by atoms with Crippen LogP contribution in [-0.4, -0.2) is 15.4 Å². The highest BCUT2D eigenvalue weighted by Gasteiger charge is 2.27. The Kier molecular flexibility index (Phi) is 2.33. The van der Waals surface area contributed by atoms with Gasteiger partial charge in [0, 0.05) is 0 Å². The van der Waals surface area contributed by atoms with E-state index in [1.165, 1.54) is 0 Å². The highest BCUT2D eigenvalue weighted by atomic mass is 19.2. The first-order valence-corrected chi connectivity index (χ1v) is 3.91. The van der Waals surface area contributed by atoms with Crippen molar-refractivity contribution in [1.29, 1.82) is 0 Å². The summed E-state index contributed by atoms with van der Waals surface area (Å²) in [7, 11) is 0. The molecule has 3 nitrogen and oxygen atoms in total. The van der Waals surface area contributed by atoms with E-state index in [9.17, 15) is 22.0 Å². The fourth-order valence-electron chi connectivity index (χ4n) is 1.15. The van der Waals surface area contributed by atoms with Crippen molar-refractivity contribution in [3.05, 3.63) is 35.3 Å². The molecule has 0 aliphatic heterocycles. The van der Waals surface area contributed by atoms with Crippen LogP contribution in [0.2, 0.25) is 0 Å². The largest absolute Gasteiger partial charge is 0.203 e. The van der Waals surface area contributed by atoms with Crippen LogP contribution in [0.25, 0.3) is 11.3 Å². The summed E-state index contributed by atoms with van der Waals surface area (Å²) in [5, 5.41) is 8.47. The zero-order chi connectivity index (χ0) is 11.9. The molecule has 1 aromatic heterocycles. The minimum Gasteiger partial charge on any atom is -0.203 e.